The van der Waals surface area contributed by atoms with Gasteiger partial charge >= 0.3 is 6.18 Å². The van der Waals surface area contributed by atoms with Crippen molar-refractivity contribution in [1.82, 2.24) is 24.9 Å². The second kappa shape index (κ2) is 10.3. The molecular weight excluding hydrogens is 551 g/mol. The highest BCUT2D eigenvalue weighted by molar-refractivity contribution is 8.18. The summed E-state index contributed by atoms with van der Waals surface area (Å²) in [7, 11) is 0. The average Bonchev–Trinajstić information content (AvgIpc) is 3.43. The number of alkyl halides is 3. The van der Waals surface area contributed by atoms with Gasteiger partial charge in [-0.2, -0.15) is 18.3 Å². The number of carbonyl (C=O) groups is 2. The zero-order valence-electron chi connectivity index (χ0n) is 20.7. The zero-order chi connectivity index (χ0) is 27.3. The van der Waals surface area contributed by atoms with Crippen molar-refractivity contribution in [2.75, 3.05) is 26.2 Å². The first-order valence-electron chi connectivity index (χ1n) is 12.7. The molecule has 204 valence electrons. The number of aromatic nitrogens is 2. The summed E-state index contributed by atoms with van der Waals surface area (Å²) >= 11 is 6.73. The topological polar surface area (TPSA) is 70.5 Å². The van der Waals surface area contributed by atoms with E-state index in [1.54, 1.807) is 30.5 Å². The normalized spacial score (nSPS) is 23.1. The molecule has 3 aromatic rings. The monoisotopic (exact) mass is 575 g/mol. The minimum atomic E-state index is -4.54. The van der Waals surface area contributed by atoms with Crippen LogP contribution < -0.4 is 5.32 Å². The van der Waals surface area contributed by atoms with Gasteiger partial charge in [0.2, 0.25) is 0 Å². The molecule has 0 spiro atoms. The summed E-state index contributed by atoms with van der Waals surface area (Å²) in [5.74, 6) is -0.302. The van der Waals surface area contributed by atoms with E-state index in [0.29, 0.717) is 46.5 Å². The van der Waals surface area contributed by atoms with E-state index in [1.165, 1.54) is 28.1 Å². The van der Waals surface area contributed by atoms with Crippen molar-refractivity contribution < 1.29 is 22.8 Å². The predicted octanol–water partition coefficient (Wildman–Crippen LogP) is 5.23. The number of hydrogen-bond acceptors (Lipinski definition) is 6. The summed E-state index contributed by atoms with van der Waals surface area (Å²) < 4.78 is 42.1. The molecule has 4 fully saturated rings. The molecule has 2 amide bonds. The lowest BCUT2D eigenvalue weighted by Gasteiger charge is -2.46. The lowest BCUT2D eigenvalue weighted by molar-refractivity contribution is -0.138. The molecule has 2 atom stereocenters. The molecule has 0 saturated carbocycles. The van der Waals surface area contributed by atoms with Gasteiger partial charge in [0.05, 0.1) is 28.7 Å². The van der Waals surface area contributed by atoms with Crippen molar-refractivity contribution in [2.45, 2.75) is 37.6 Å². The lowest BCUT2D eigenvalue weighted by atomic mass is 9.93. The largest absolute Gasteiger partial charge is 0.416 e. The van der Waals surface area contributed by atoms with Gasteiger partial charge < -0.3 is 5.32 Å². The lowest BCUT2D eigenvalue weighted by Crippen LogP contribution is -2.61. The number of imide groups is 1. The van der Waals surface area contributed by atoms with Crippen molar-refractivity contribution in [3.8, 4) is 0 Å². The molecule has 2 unspecified atom stereocenters. The van der Waals surface area contributed by atoms with E-state index < -0.39 is 11.7 Å². The minimum absolute atomic E-state index is 0.0150. The first-order valence-corrected chi connectivity index (χ1v) is 13.9. The van der Waals surface area contributed by atoms with Crippen LogP contribution in [0.3, 0.4) is 0 Å². The third-order valence-corrected chi connectivity index (χ3v) is 8.75. The van der Waals surface area contributed by atoms with E-state index in [2.05, 4.69) is 15.3 Å². The fourth-order valence-electron chi connectivity index (χ4n) is 5.58. The Hall–Kier alpha value is -2.86. The molecule has 7 nitrogen and oxygen atoms in total. The Morgan fingerprint density at radius 1 is 1.13 bits per heavy atom. The second-order valence-corrected chi connectivity index (χ2v) is 11.5. The Bertz CT molecular complexity index is 1480. The standard InChI is InChI=1S/C27H25ClF3N5O2S/c28-19-3-2-17(22(11-19)27(29,30)31)14-36-23-6-1-16(9-18(23)12-33-36)10-24-25(37)35(26(38)39-24)8-7-34-15-20-4-5-21(34)13-32-20/h1-3,6,9-12,20-21,32H,4-5,7-8,13-15H2. The van der Waals surface area contributed by atoms with Crippen molar-refractivity contribution in [3.05, 3.63) is 69.2 Å². The Balaban J connectivity index is 1.17. The van der Waals surface area contributed by atoms with Crippen LogP contribution in [-0.2, 0) is 17.5 Å². The molecule has 1 aromatic heterocycles. The minimum Gasteiger partial charge on any atom is -0.311 e. The molecule has 7 rings (SSSR count). The van der Waals surface area contributed by atoms with Gasteiger partial charge in [0.1, 0.15) is 0 Å². The number of piperidine rings is 2. The van der Waals surface area contributed by atoms with Gasteiger partial charge in [-0.15, -0.1) is 0 Å². The van der Waals surface area contributed by atoms with Crippen LogP contribution in [0, 0.1) is 0 Å². The Kier molecular flexibility index (Phi) is 6.95. The number of nitrogens with zero attached hydrogens (tertiary/aromatic N) is 4. The second-order valence-electron chi connectivity index (χ2n) is 10.1. The molecular formula is C27H25ClF3N5O2S. The first-order chi connectivity index (χ1) is 18.7. The molecule has 4 aliphatic rings. The van der Waals surface area contributed by atoms with Gasteiger partial charge in [0.25, 0.3) is 11.1 Å². The number of benzene rings is 2. The van der Waals surface area contributed by atoms with Crippen LogP contribution in [-0.4, -0.2) is 69.0 Å². The van der Waals surface area contributed by atoms with Crippen LogP contribution >= 0.6 is 23.4 Å². The van der Waals surface area contributed by atoms with E-state index in [1.807, 2.05) is 0 Å². The number of carbonyl (C=O) groups excluding carboxylic acids is 2. The molecule has 0 aliphatic carbocycles. The first kappa shape index (κ1) is 26.4. The number of hydrogen-bond donors (Lipinski definition) is 1. The SMILES string of the molecule is O=C1SC(=Cc2ccc3c(cnn3Cc3ccc(Cl)cc3C(F)(F)F)c2)C(=O)N1CCN1CC2CCC1CN2. The van der Waals surface area contributed by atoms with Crippen LogP contribution in [0.15, 0.2) is 47.5 Å². The third-order valence-electron chi connectivity index (χ3n) is 7.61. The number of fused-ring (bicyclic) bond motifs is 4. The van der Waals surface area contributed by atoms with Crippen LogP contribution in [0.5, 0.6) is 0 Å². The number of halogens is 4. The van der Waals surface area contributed by atoms with Gasteiger partial charge in [-0.3, -0.25) is 24.1 Å². The molecule has 39 heavy (non-hydrogen) atoms. The van der Waals surface area contributed by atoms with Gasteiger partial charge in [0.15, 0.2) is 0 Å². The maximum Gasteiger partial charge on any atom is 0.416 e. The maximum absolute atomic E-state index is 13.5. The van der Waals surface area contributed by atoms with Crippen LogP contribution in [0.1, 0.15) is 29.5 Å². The fourth-order valence-corrected chi connectivity index (χ4v) is 6.62. The van der Waals surface area contributed by atoms with E-state index >= 15 is 0 Å². The zero-order valence-corrected chi connectivity index (χ0v) is 22.3. The van der Waals surface area contributed by atoms with Gasteiger partial charge in [-0.05, 0) is 66.1 Å². The summed E-state index contributed by atoms with van der Waals surface area (Å²) in [5, 5.41) is 8.24. The van der Waals surface area contributed by atoms with Crippen molar-refractivity contribution in [3.63, 3.8) is 0 Å². The molecule has 2 aromatic carbocycles. The quantitative estimate of drug-likeness (QED) is 0.406. The number of rotatable bonds is 6. The van der Waals surface area contributed by atoms with Crippen LogP contribution in [0.25, 0.3) is 17.0 Å². The van der Waals surface area contributed by atoms with Crippen molar-refractivity contribution in [1.29, 1.82) is 0 Å². The Morgan fingerprint density at radius 3 is 2.69 bits per heavy atom. The molecule has 5 heterocycles. The average molecular weight is 576 g/mol. The van der Waals surface area contributed by atoms with Crippen molar-refractivity contribution >= 4 is 51.5 Å². The summed E-state index contributed by atoms with van der Waals surface area (Å²) in [6.07, 6.45) is 1.02. The van der Waals surface area contributed by atoms with Crippen LogP contribution in [0.4, 0.5) is 18.0 Å². The Morgan fingerprint density at radius 2 is 1.97 bits per heavy atom. The smallest absolute Gasteiger partial charge is 0.311 e. The van der Waals surface area contributed by atoms with Gasteiger partial charge in [-0.1, -0.05) is 23.7 Å². The summed E-state index contributed by atoms with van der Waals surface area (Å²) in [6.45, 7) is 2.85. The molecule has 12 heteroatoms. The van der Waals surface area contributed by atoms with Crippen LogP contribution in [0.2, 0.25) is 5.02 Å². The number of thioether (sulfide) groups is 1. The van der Waals surface area contributed by atoms with Gasteiger partial charge in [0, 0.05) is 48.7 Å². The highest BCUT2D eigenvalue weighted by Gasteiger charge is 2.38. The molecule has 4 saturated heterocycles. The summed E-state index contributed by atoms with van der Waals surface area (Å²) in [5.41, 5.74) is 0.613. The van der Waals surface area contributed by atoms with E-state index in [0.717, 1.165) is 37.3 Å². The molecule has 1 N–H and O–H groups in total. The third kappa shape index (κ3) is 5.32. The summed E-state index contributed by atoms with van der Waals surface area (Å²) in [6, 6.07) is 9.96. The number of nitrogens with one attached hydrogen (secondary N) is 1. The van der Waals surface area contributed by atoms with E-state index in [9.17, 15) is 22.8 Å². The van der Waals surface area contributed by atoms with Crippen molar-refractivity contribution in [2.24, 2.45) is 0 Å². The Labute approximate surface area is 231 Å². The van der Waals surface area contributed by atoms with Gasteiger partial charge in [-0.25, -0.2) is 0 Å². The molecule has 2 bridgehead atoms. The number of piperazine rings is 1. The molecule has 4 aliphatic heterocycles. The predicted molar refractivity (Wildman–Crippen MR) is 144 cm³/mol. The highest BCUT2D eigenvalue weighted by Crippen LogP contribution is 2.35. The number of amides is 2. The highest BCUT2D eigenvalue weighted by atomic mass is 35.5. The summed E-state index contributed by atoms with van der Waals surface area (Å²) in [4.78, 5) is 29.7. The molecule has 0 radical (unpaired) electrons. The van der Waals surface area contributed by atoms with E-state index in [-0.39, 0.29) is 28.3 Å². The van der Waals surface area contributed by atoms with E-state index in [4.69, 9.17) is 11.6 Å². The maximum atomic E-state index is 13.5. The fraction of sp³-hybridized carbons (Fsp3) is 0.370.